The number of rotatable bonds is 5. The van der Waals surface area contributed by atoms with Crippen molar-refractivity contribution in [2.75, 3.05) is 11.1 Å². The van der Waals surface area contributed by atoms with E-state index in [4.69, 9.17) is 0 Å². The van der Waals surface area contributed by atoms with Gasteiger partial charge in [-0.05, 0) is 55.3 Å². The number of carbonyl (C=O) groups excluding carboxylic acids is 1. The van der Waals surface area contributed by atoms with E-state index in [1.54, 1.807) is 6.07 Å². The molecule has 0 atom stereocenters. The summed E-state index contributed by atoms with van der Waals surface area (Å²) in [5.41, 5.74) is 4.35. The fourth-order valence-corrected chi connectivity index (χ4v) is 3.41. The van der Waals surface area contributed by atoms with Gasteiger partial charge in [-0.15, -0.1) is 11.8 Å². The van der Waals surface area contributed by atoms with Crippen molar-refractivity contribution in [1.29, 1.82) is 0 Å². The number of fused-ring (bicyclic) bond motifs is 1. The average Bonchev–Trinajstić information content (AvgIpc) is 2.60. The smallest absolute Gasteiger partial charge is 0.234 e. The van der Waals surface area contributed by atoms with E-state index in [9.17, 15) is 14.0 Å². The molecule has 4 nitrogen and oxygen atoms in total. The molecule has 0 aliphatic carbocycles. The number of aromatic amines is 1. The number of aromatic nitrogens is 1. The van der Waals surface area contributed by atoms with E-state index < -0.39 is 0 Å². The lowest BCUT2D eigenvalue weighted by Gasteiger charge is -2.09. The number of benzene rings is 2. The minimum absolute atomic E-state index is 0.0202. The third-order valence-corrected chi connectivity index (χ3v) is 5.19. The number of hydrogen-bond acceptors (Lipinski definition) is 3. The van der Waals surface area contributed by atoms with Gasteiger partial charge in [0.15, 0.2) is 5.43 Å². The molecule has 0 aliphatic heterocycles. The Labute approximate surface area is 154 Å². The molecular weight excluding hydrogens is 351 g/mol. The second kappa shape index (κ2) is 7.74. The van der Waals surface area contributed by atoms with Crippen molar-refractivity contribution < 1.29 is 9.18 Å². The number of carbonyl (C=O) groups is 1. The van der Waals surface area contributed by atoms with Gasteiger partial charge >= 0.3 is 0 Å². The van der Waals surface area contributed by atoms with E-state index in [1.165, 1.54) is 36.0 Å². The van der Waals surface area contributed by atoms with Gasteiger partial charge in [-0.1, -0.05) is 6.07 Å². The van der Waals surface area contributed by atoms with Gasteiger partial charge in [0.1, 0.15) is 5.82 Å². The number of amides is 1. The molecule has 134 valence electrons. The van der Waals surface area contributed by atoms with Crippen LogP contribution in [0.5, 0.6) is 0 Å². The highest BCUT2D eigenvalue weighted by Crippen LogP contribution is 2.19. The molecule has 26 heavy (non-hydrogen) atoms. The van der Waals surface area contributed by atoms with Crippen LogP contribution in [-0.4, -0.2) is 16.6 Å². The quantitative estimate of drug-likeness (QED) is 0.709. The lowest BCUT2D eigenvalue weighted by Crippen LogP contribution is -2.14. The van der Waals surface area contributed by atoms with Crippen LogP contribution in [0.1, 0.15) is 16.8 Å². The maximum atomic E-state index is 12.9. The summed E-state index contributed by atoms with van der Waals surface area (Å²) >= 11 is 1.41. The van der Waals surface area contributed by atoms with Crippen LogP contribution in [0.4, 0.5) is 10.1 Å². The van der Waals surface area contributed by atoms with Gasteiger partial charge in [0.05, 0.1) is 11.3 Å². The number of halogens is 1. The Balaban J connectivity index is 1.64. The molecule has 3 rings (SSSR count). The molecule has 0 aliphatic rings. The Morgan fingerprint density at radius 2 is 1.88 bits per heavy atom. The van der Waals surface area contributed by atoms with Crippen LogP contribution in [0.15, 0.2) is 47.3 Å². The van der Waals surface area contributed by atoms with E-state index >= 15 is 0 Å². The monoisotopic (exact) mass is 370 g/mol. The summed E-state index contributed by atoms with van der Waals surface area (Å²) in [6, 6.07) is 11.0. The van der Waals surface area contributed by atoms with Crippen LogP contribution in [-0.2, 0) is 10.5 Å². The third kappa shape index (κ3) is 4.14. The summed E-state index contributed by atoms with van der Waals surface area (Å²) in [7, 11) is 0. The van der Waals surface area contributed by atoms with Gasteiger partial charge in [-0.25, -0.2) is 4.39 Å². The molecular formula is C20H19FN2O2S. The molecule has 3 aromatic rings. The lowest BCUT2D eigenvalue weighted by molar-refractivity contribution is -0.113. The zero-order valence-corrected chi connectivity index (χ0v) is 15.4. The second-order valence-corrected chi connectivity index (χ2v) is 7.12. The number of anilines is 1. The van der Waals surface area contributed by atoms with Gasteiger partial charge in [0.2, 0.25) is 5.91 Å². The first-order valence-corrected chi connectivity index (χ1v) is 9.35. The number of pyridine rings is 1. The molecule has 0 spiro atoms. The highest BCUT2D eigenvalue weighted by molar-refractivity contribution is 7.99. The fourth-order valence-electron chi connectivity index (χ4n) is 2.68. The zero-order chi connectivity index (χ0) is 18.7. The molecule has 0 fully saturated rings. The highest BCUT2D eigenvalue weighted by Gasteiger charge is 2.08. The van der Waals surface area contributed by atoms with Crippen molar-refractivity contribution in [2.45, 2.75) is 19.6 Å². The topological polar surface area (TPSA) is 62.0 Å². The molecule has 0 unspecified atom stereocenters. The van der Waals surface area contributed by atoms with Crippen molar-refractivity contribution in [3.63, 3.8) is 0 Å². The Bertz CT molecular complexity index is 1010. The van der Waals surface area contributed by atoms with E-state index in [1.807, 2.05) is 26.0 Å². The molecule has 0 saturated carbocycles. The molecule has 1 heterocycles. The average molecular weight is 370 g/mol. The number of hydrogen-bond donors (Lipinski definition) is 2. The van der Waals surface area contributed by atoms with Crippen LogP contribution in [0.2, 0.25) is 0 Å². The fraction of sp³-hybridized carbons (Fsp3) is 0.200. The molecule has 2 N–H and O–H groups in total. The maximum Gasteiger partial charge on any atom is 0.234 e. The second-order valence-electron chi connectivity index (χ2n) is 6.14. The lowest BCUT2D eigenvalue weighted by atomic mass is 10.0. The summed E-state index contributed by atoms with van der Waals surface area (Å²) in [4.78, 5) is 27.6. The first kappa shape index (κ1) is 18.2. The van der Waals surface area contributed by atoms with Gasteiger partial charge in [-0.2, -0.15) is 0 Å². The van der Waals surface area contributed by atoms with E-state index in [0.29, 0.717) is 16.8 Å². The Morgan fingerprint density at radius 1 is 1.15 bits per heavy atom. The largest absolute Gasteiger partial charge is 0.357 e. The van der Waals surface area contributed by atoms with Crippen molar-refractivity contribution in [3.05, 3.63) is 75.3 Å². The number of aryl methyl sites for hydroxylation is 2. The van der Waals surface area contributed by atoms with Gasteiger partial charge in [-0.3, -0.25) is 9.59 Å². The van der Waals surface area contributed by atoms with Crippen LogP contribution in [0, 0.1) is 19.7 Å². The first-order valence-electron chi connectivity index (χ1n) is 8.19. The predicted octanol–water partition coefficient (Wildman–Crippen LogP) is 4.16. The minimum atomic E-state index is -0.344. The molecule has 0 saturated heterocycles. The van der Waals surface area contributed by atoms with Crippen molar-refractivity contribution >= 4 is 34.3 Å². The zero-order valence-electron chi connectivity index (χ0n) is 14.6. The normalized spacial score (nSPS) is 10.9. The molecule has 1 amide bonds. The SMILES string of the molecule is Cc1ccc2c(=O)cc(CSCC(=O)Nc3ccc(F)cc3)[nH]c2c1C. The van der Waals surface area contributed by atoms with Gasteiger partial charge in [0.25, 0.3) is 0 Å². The maximum absolute atomic E-state index is 12.9. The molecule has 6 heteroatoms. The summed E-state index contributed by atoms with van der Waals surface area (Å²) in [6.45, 7) is 4.00. The van der Waals surface area contributed by atoms with Crippen LogP contribution < -0.4 is 10.7 Å². The van der Waals surface area contributed by atoms with Crippen molar-refractivity contribution in [2.24, 2.45) is 0 Å². The number of H-pyrrole nitrogens is 1. The van der Waals surface area contributed by atoms with Crippen LogP contribution in [0.25, 0.3) is 10.9 Å². The van der Waals surface area contributed by atoms with Crippen molar-refractivity contribution in [1.82, 2.24) is 4.98 Å². The Kier molecular flexibility index (Phi) is 5.42. The summed E-state index contributed by atoms with van der Waals surface area (Å²) in [5, 5.41) is 3.39. The summed E-state index contributed by atoms with van der Waals surface area (Å²) in [6.07, 6.45) is 0. The van der Waals surface area contributed by atoms with E-state index in [2.05, 4.69) is 10.3 Å². The summed E-state index contributed by atoms with van der Waals surface area (Å²) in [5.74, 6) is 0.250. The van der Waals surface area contributed by atoms with Crippen LogP contribution >= 0.6 is 11.8 Å². The summed E-state index contributed by atoms with van der Waals surface area (Å²) < 4.78 is 12.9. The number of nitrogens with one attached hydrogen (secondary N) is 2. The van der Waals surface area contributed by atoms with E-state index in [-0.39, 0.29) is 22.9 Å². The van der Waals surface area contributed by atoms with Crippen molar-refractivity contribution in [3.8, 4) is 0 Å². The predicted molar refractivity (Wildman–Crippen MR) is 105 cm³/mol. The molecule has 0 bridgehead atoms. The van der Waals surface area contributed by atoms with Gasteiger partial charge in [0, 0.05) is 28.6 Å². The first-order chi connectivity index (χ1) is 12.4. The minimum Gasteiger partial charge on any atom is -0.357 e. The standard InChI is InChI=1S/C20H19FN2O2S/c1-12-3-8-17-18(24)9-16(23-20(17)13(12)2)10-26-11-19(25)22-15-6-4-14(21)5-7-15/h3-9H,10-11H2,1-2H3,(H,22,25)(H,23,24). The highest BCUT2D eigenvalue weighted by atomic mass is 32.2. The number of thioether (sulfide) groups is 1. The Morgan fingerprint density at radius 3 is 2.62 bits per heavy atom. The molecule has 1 aromatic heterocycles. The van der Waals surface area contributed by atoms with E-state index in [0.717, 1.165) is 22.3 Å². The third-order valence-electron chi connectivity index (χ3n) is 4.21. The molecule has 2 aromatic carbocycles. The van der Waals surface area contributed by atoms with Gasteiger partial charge < -0.3 is 10.3 Å². The molecule has 0 radical (unpaired) electrons. The van der Waals surface area contributed by atoms with Crippen LogP contribution in [0.3, 0.4) is 0 Å². The Hall–Kier alpha value is -2.60.